The van der Waals surface area contributed by atoms with E-state index in [1.54, 1.807) is 22.5 Å². The van der Waals surface area contributed by atoms with Gasteiger partial charge >= 0.3 is 0 Å². The molecule has 0 bridgehead atoms. The van der Waals surface area contributed by atoms with Crippen molar-refractivity contribution in [1.29, 1.82) is 0 Å². The van der Waals surface area contributed by atoms with Gasteiger partial charge in [0.25, 0.3) is 0 Å². The first-order chi connectivity index (χ1) is 14.5. The largest absolute Gasteiger partial charge is 0.468 e. The lowest BCUT2D eigenvalue weighted by molar-refractivity contribution is -0.120. The summed E-state index contributed by atoms with van der Waals surface area (Å²) in [5.41, 5.74) is 1.41. The summed E-state index contributed by atoms with van der Waals surface area (Å²) >= 11 is 1.73. The van der Waals surface area contributed by atoms with Gasteiger partial charge in [-0.3, -0.25) is 14.5 Å². The number of aryl methyl sites for hydroxylation is 1. The molecule has 0 spiro atoms. The van der Waals surface area contributed by atoms with E-state index < -0.39 is 0 Å². The number of anilines is 2. The summed E-state index contributed by atoms with van der Waals surface area (Å²) in [5.74, 6) is 0.704. The molecule has 1 unspecified atom stereocenters. The van der Waals surface area contributed by atoms with Crippen LogP contribution in [0.4, 0.5) is 11.4 Å². The van der Waals surface area contributed by atoms with Crippen molar-refractivity contribution >= 4 is 34.5 Å². The van der Waals surface area contributed by atoms with Crippen LogP contribution in [-0.2, 0) is 22.7 Å². The Morgan fingerprint density at radius 2 is 2.03 bits per heavy atom. The maximum absolute atomic E-state index is 13.5. The molecule has 0 aliphatic carbocycles. The molecule has 6 nitrogen and oxygen atoms in total. The van der Waals surface area contributed by atoms with Crippen LogP contribution in [0.5, 0.6) is 0 Å². The highest BCUT2D eigenvalue weighted by Crippen LogP contribution is 2.31. The Balaban J connectivity index is 1.58. The maximum atomic E-state index is 13.5. The van der Waals surface area contributed by atoms with Crippen molar-refractivity contribution in [2.45, 2.75) is 39.4 Å². The zero-order valence-electron chi connectivity index (χ0n) is 17.1. The van der Waals surface area contributed by atoms with Crippen molar-refractivity contribution in [1.82, 2.24) is 4.90 Å². The molecule has 4 rings (SSSR count). The Morgan fingerprint density at radius 3 is 2.77 bits per heavy atom. The normalized spacial score (nSPS) is 16.3. The number of hydrogen-bond donors (Lipinski definition) is 1. The molecule has 3 aromatic rings. The van der Waals surface area contributed by atoms with Gasteiger partial charge in [0.1, 0.15) is 5.76 Å². The van der Waals surface area contributed by atoms with Gasteiger partial charge in [-0.2, -0.15) is 0 Å². The molecular weight excluding hydrogens is 398 g/mol. The first-order valence-electron chi connectivity index (χ1n) is 10.0. The van der Waals surface area contributed by atoms with E-state index >= 15 is 0 Å². The minimum absolute atomic E-state index is 0.0358. The number of para-hydroxylation sites is 2. The molecule has 1 aliphatic heterocycles. The molecule has 7 heteroatoms. The number of furan rings is 1. The minimum atomic E-state index is -0.226. The van der Waals surface area contributed by atoms with Gasteiger partial charge in [0, 0.05) is 28.8 Å². The van der Waals surface area contributed by atoms with Crippen molar-refractivity contribution in [2.75, 3.05) is 16.8 Å². The van der Waals surface area contributed by atoms with Crippen LogP contribution in [0, 0.1) is 6.92 Å². The number of rotatable bonds is 6. The summed E-state index contributed by atoms with van der Waals surface area (Å²) in [4.78, 5) is 32.0. The first-order valence-corrected chi connectivity index (χ1v) is 10.8. The molecule has 156 valence electrons. The van der Waals surface area contributed by atoms with Gasteiger partial charge in [0.15, 0.2) is 0 Å². The fraction of sp³-hybridized carbons (Fsp3) is 0.304. The SMILES string of the molecule is Cc1ccc(CN(CC(=O)N2c3ccccc3NC(=O)CC2C)Cc2ccco2)s1. The summed E-state index contributed by atoms with van der Waals surface area (Å²) in [7, 11) is 0. The number of nitrogens with one attached hydrogen (secondary N) is 1. The average Bonchev–Trinajstić information content (AvgIpc) is 3.32. The van der Waals surface area contributed by atoms with Gasteiger partial charge in [-0.25, -0.2) is 0 Å². The predicted octanol–water partition coefficient (Wildman–Crippen LogP) is 4.42. The Morgan fingerprint density at radius 1 is 1.20 bits per heavy atom. The van der Waals surface area contributed by atoms with Crippen LogP contribution in [-0.4, -0.2) is 29.3 Å². The monoisotopic (exact) mass is 423 g/mol. The molecule has 2 aromatic heterocycles. The molecule has 2 amide bonds. The van der Waals surface area contributed by atoms with Crippen molar-refractivity contribution in [3.05, 3.63) is 70.3 Å². The van der Waals surface area contributed by atoms with E-state index in [4.69, 9.17) is 4.42 Å². The van der Waals surface area contributed by atoms with E-state index in [9.17, 15) is 9.59 Å². The lowest BCUT2D eigenvalue weighted by Gasteiger charge is -2.30. The fourth-order valence-corrected chi connectivity index (χ4v) is 4.75. The molecule has 1 aliphatic rings. The molecule has 1 aromatic carbocycles. The minimum Gasteiger partial charge on any atom is -0.468 e. The molecule has 0 radical (unpaired) electrons. The molecule has 1 atom stereocenters. The Bertz CT molecular complexity index is 1030. The molecule has 3 heterocycles. The van der Waals surface area contributed by atoms with Crippen LogP contribution in [0.15, 0.2) is 59.2 Å². The number of hydrogen-bond acceptors (Lipinski definition) is 5. The van der Waals surface area contributed by atoms with Crippen molar-refractivity contribution in [2.24, 2.45) is 0 Å². The molecule has 1 N–H and O–H groups in total. The van der Waals surface area contributed by atoms with Gasteiger partial charge in [-0.15, -0.1) is 11.3 Å². The van der Waals surface area contributed by atoms with Gasteiger partial charge in [-0.05, 0) is 50.2 Å². The van der Waals surface area contributed by atoms with E-state index in [1.165, 1.54) is 9.75 Å². The zero-order chi connectivity index (χ0) is 21.1. The lowest BCUT2D eigenvalue weighted by Crippen LogP contribution is -2.44. The van der Waals surface area contributed by atoms with Gasteiger partial charge < -0.3 is 14.6 Å². The number of nitrogens with zero attached hydrogens (tertiary/aromatic N) is 2. The number of amides is 2. The van der Waals surface area contributed by atoms with E-state index in [-0.39, 0.29) is 30.8 Å². The standard InChI is InChI=1S/C23H25N3O3S/c1-16-12-22(27)24-20-7-3-4-8-21(20)26(16)23(28)15-25(13-18-6-5-11-29-18)14-19-10-9-17(2)30-19/h3-11,16H,12-15H2,1-2H3,(H,24,27). The van der Waals surface area contributed by atoms with Gasteiger partial charge in [0.2, 0.25) is 11.8 Å². The molecule has 30 heavy (non-hydrogen) atoms. The van der Waals surface area contributed by atoms with Crippen LogP contribution in [0.1, 0.15) is 28.9 Å². The highest BCUT2D eigenvalue weighted by atomic mass is 32.1. The second-order valence-corrected chi connectivity index (χ2v) is 8.99. The number of benzene rings is 1. The lowest BCUT2D eigenvalue weighted by atomic mass is 10.1. The first kappa shape index (κ1) is 20.4. The third-order valence-corrected chi connectivity index (χ3v) is 6.11. The zero-order valence-corrected chi connectivity index (χ0v) is 17.9. The quantitative estimate of drug-likeness (QED) is 0.638. The van der Waals surface area contributed by atoms with E-state index in [2.05, 4.69) is 29.3 Å². The summed E-state index contributed by atoms with van der Waals surface area (Å²) in [6.45, 7) is 5.42. The van der Waals surface area contributed by atoms with Crippen LogP contribution in [0.25, 0.3) is 0 Å². The molecule has 0 saturated carbocycles. The highest BCUT2D eigenvalue weighted by Gasteiger charge is 2.30. The van der Waals surface area contributed by atoms with E-state index in [0.29, 0.717) is 18.8 Å². The summed E-state index contributed by atoms with van der Waals surface area (Å²) in [5, 5.41) is 2.91. The van der Waals surface area contributed by atoms with Crippen molar-refractivity contribution in [3.63, 3.8) is 0 Å². The Kier molecular flexibility index (Phi) is 6.01. The fourth-order valence-electron chi connectivity index (χ4n) is 3.82. The van der Waals surface area contributed by atoms with Crippen LogP contribution < -0.4 is 10.2 Å². The summed E-state index contributed by atoms with van der Waals surface area (Å²) < 4.78 is 5.53. The average molecular weight is 424 g/mol. The smallest absolute Gasteiger partial charge is 0.241 e. The number of thiophene rings is 1. The number of fused-ring (bicyclic) bond motifs is 1. The van der Waals surface area contributed by atoms with Crippen molar-refractivity contribution in [3.8, 4) is 0 Å². The van der Waals surface area contributed by atoms with E-state index in [0.717, 1.165) is 11.4 Å². The van der Waals surface area contributed by atoms with Crippen molar-refractivity contribution < 1.29 is 14.0 Å². The molecular formula is C23H25N3O3S. The van der Waals surface area contributed by atoms with Crippen LogP contribution in [0.3, 0.4) is 0 Å². The van der Waals surface area contributed by atoms with Gasteiger partial charge in [-0.1, -0.05) is 12.1 Å². The predicted molar refractivity (Wildman–Crippen MR) is 119 cm³/mol. The third kappa shape index (κ3) is 4.63. The van der Waals surface area contributed by atoms with Gasteiger partial charge in [0.05, 0.1) is 30.7 Å². The number of carbonyl (C=O) groups excluding carboxylic acids is 2. The Hall–Kier alpha value is -2.90. The topological polar surface area (TPSA) is 65.8 Å². The second kappa shape index (κ2) is 8.85. The van der Waals surface area contributed by atoms with E-state index in [1.807, 2.05) is 43.3 Å². The highest BCUT2D eigenvalue weighted by molar-refractivity contribution is 7.11. The summed E-state index contributed by atoms with van der Waals surface area (Å²) in [6, 6.07) is 15.2. The maximum Gasteiger partial charge on any atom is 0.241 e. The van der Waals surface area contributed by atoms with Crippen LogP contribution >= 0.6 is 11.3 Å². The molecule has 0 fully saturated rings. The number of carbonyl (C=O) groups is 2. The van der Waals surface area contributed by atoms with Crippen LogP contribution in [0.2, 0.25) is 0 Å². The Labute approximate surface area is 180 Å². The third-order valence-electron chi connectivity index (χ3n) is 5.12. The molecule has 0 saturated heterocycles. The second-order valence-electron chi connectivity index (χ2n) is 7.62. The summed E-state index contributed by atoms with van der Waals surface area (Å²) in [6.07, 6.45) is 1.91.